The molecule has 1 heterocycles. The number of hydrogen-bond donors (Lipinski definition) is 1. The van der Waals surface area contributed by atoms with Gasteiger partial charge in [0.2, 0.25) is 0 Å². The van der Waals surface area contributed by atoms with Crippen LogP contribution in [0.5, 0.6) is 0 Å². The third-order valence-electron chi connectivity index (χ3n) is 2.86. The maximum absolute atomic E-state index is 11.6. The summed E-state index contributed by atoms with van der Waals surface area (Å²) in [7, 11) is 0. The molecule has 1 aliphatic carbocycles. The molecule has 1 fully saturated rings. The van der Waals surface area contributed by atoms with E-state index < -0.39 is 0 Å². The van der Waals surface area contributed by atoms with E-state index in [0.717, 1.165) is 22.9 Å². The van der Waals surface area contributed by atoms with E-state index in [-0.39, 0.29) is 11.4 Å². The maximum atomic E-state index is 11.6. The predicted molar refractivity (Wildman–Crippen MR) is 52.5 cm³/mol. The third kappa shape index (κ3) is 0.854. The molecule has 0 aromatic heterocycles. The van der Waals surface area contributed by atoms with Crippen LogP contribution in [0.2, 0.25) is 0 Å². The van der Waals surface area contributed by atoms with Gasteiger partial charge in [-0.05, 0) is 40.4 Å². The van der Waals surface area contributed by atoms with E-state index >= 15 is 0 Å². The van der Waals surface area contributed by atoms with Crippen LogP contribution >= 0.6 is 15.9 Å². The number of halogens is 1. The highest BCUT2D eigenvalue weighted by Crippen LogP contribution is 2.51. The minimum atomic E-state index is 0.0101. The van der Waals surface area contributed by atoms with Crippen LogP contribution < -0.4 is 5.32 Å². The quantitative estimate of drug-likeness (QED) is 0.737. The fraction of sp³-hybridized carbons (Fsp3) is 0.300. The third-order valence-corrected chi connectivity index (χ3v) is 3.52. The summed E-state index contributed by atoms with van der Waals surface area (Å²) < 4.78 is 0.909. The Labute approximate surface area is 84.5 Å². The largest absolute Gasteiger partial charge is 0.342 e. The van der Waals surface area contributed by atoms with Gasteiger partial charge in [-0.3, -0.25) is 4.79 Å². The summed E-state index contributed by atoms with van der Waals surface area (Å²) in [5.74, 6) is 0.0694. The van der Waals surface area contributed by atoms with E-state index in [1.165, 1.54) is 5.56 Å². The summed E-state index contributed by atoms with van der Waals surface area (Å²) in [6.45, 7) is 0. The molecule has 3 rings (SSSR count). The van der Waals surface area contributed by atoms with Crippen molar-refractivity contribution in [3.8, 4) is 0 Å². The smallest absolute Gasteiger partial charge is 0.253 e. The lowest BCUT2D eigenvalue weighted by Crippen LogP contribution is -2.25. The van der Waals surface area contributed by atoms with Crippen molar-refractivity contribution in [3.05, 3.63) is 33.8 Å². The standard InChI is InChI=1S/C10H8BrNO/c11-7-3-1-2-6-8(7)9(13)12-10(6)4-5-10/h1-3H,4-5H2,(H,12,13). The fourth-order valence-corrected chi connectivity index (χ4v) is 2.57. The number of rotatable bonds is 0. The zero-order valence-electron chi connectivity index (χ0n) is 6.93. The Balaban J connectivity index is 2.30. The van der Waals surface area contributed by atoms with Crippen molar-refractivity contribution in [3.63, 3.8) is 0 Å². The summed E-state index contributed by atoms with van der Waals surface area (Å²) in [5, 5.41) is 3.04. The molecule has 0 unspecified atom stereocenters. The van der Waals surface area contributed by atoms with Gasteiger partial charge in [-0.2, -0.15) is 0 Å². The van der Waals surface area contributed by atoms with Gasteiger partial charge in [0.25, 0.3) is 5.91 Å². The summed E-state index contributed by atoms with van der Waals surface area (Å²) >= 11 is 3.41. The second kappa shape index (κ2) is 2.15. The number of hydrogen-bond acceptors (Lipinski definition) is 1. The molecule has 1 spiro atoms. The van der Waals surface area contributed by atoms with Crippen molar-refractivity contribution in [2.24, 2.45) is 0 Å². The normalized spacial score (nSPS) is 21.5. The molecule has 13 heavy (non-hydrogen) atoms. The van der Waals surface area contributed by atoms with E-state index in [9.17, 15) is 4.79 Å². The van der Waals surface area contributed by atoms with Crippen molar-refractivity contribution < 1.29 is 4.79 Å². The molecule has 2 aliphatic rings. The first-order chi connectivity index (χ1) is 6.23. The second-order valence-electron chi connectivity index (χ2n) is 3.70. The predicted octanol–water partition coefficient (Wildman–Crippen LogP) is 2.18. The topological polar surface area (TPSA) is 29.1 Å². The number of carbonyl (C=O) groups excluding carboxylic acids is 1. The van der Waals surface area contributed by atoms with E-state index in [4.69, 9.17) is 0 Å². The molecule has 66 valence electrons. The average Bonchev–Trinajstić information content (AvgIpc) is 2.78. The minimum absolute atomic E-state index is 0.0101. The van der Waals surface area contributed by atoms with E-state index in [1.54, 1.807) is 0 Å². The van der Waals surface area contributed by atoms with Crippen LogP contribution in [0.4, 0.5) is 0 Å². The first-order valence-electron chi connectivity index (χ1n) is 4.34. The Morgan fingerprint density at radius 1 is 1.38 bits per heavy atom. The summed E-state index contributed by atoms with van der Waals surface area (Å²) in [6, 6.07) is 5.95. The summed E-state index contributed by atoms with van der Waals surface area (Å²) in [6.07, 6.45) is 2.17. The van der Waals surface area contributed by atoms with Crippen molar-refractivity contribution in [2.45, 2.75) is 18.4 Å². The van der Waals surface area contributed by atoms with Gasteiger partial charge in [0.15, 0.2) is 0 Å². The van der Waals surface area contributed by atoms with Crippen LogP contribution in [0, 0.1) is 0 Å². The number of carbonyl (C=O) groups is 1. The molecule has 0 atom stereocenters. The van der Waals surface area contributed by atoms with Crippen LogP contribution in [0.25, 0.3) is 0 Å². The van der Waals surface area contributed by atoms with Gasteiger partial charge in [0, 0.05) is 4.47 Å². The highest BCUT2D eigenvalue weighted by atomic mass is 79.9. The van der Waals surface area contributed by atoms with Gasteiger partial charge in [0.1, 0.15) is 0 Å². The van der Waals surface area contributed by atoms with Crippen LogP contribution in [0.3, 0.4) is 0 Å². The molecule has 0 bridgehead atoms. The molecular formula is C10H8BrNO. The fourth-order valence-electron chi connectivity index (χ4n) is 2.02. The molecule has 1 aromatic carbocycles. The number of nitrogens with one attached hydrogen (secondary N) is 1. The van der Waals surface area contributed by atoms with Gasteiger partial charge < -0.3 is 5.32 Å². The van der Waals surface area contributed by atoms with Gasteiger partial charge >= 0.3 is 0 Å². The van der Waals surface area contributed by atoms with Crippen molar-refractivity contribution in [1.82, 2.24) is 5.32 Å². The molecular weight excluding hydrogens is 230 g/mol. The van der Waals surface area contributed by atoms with Crippen LogP contribution in [-0.2, 0) is 5.54 Å². The van der Waals surface area contributed by atoms with Crippen molar-refractivity contribution in [1.29, 1.82) is 0 Å². The molecule has 1 N–H and O–H groups in total. The van der Waals surface area contributed by atoms with Crippen molar-refractivity contribution >= 4 is 21.8 Å². The highest BCUT2D eigenvalue weighted by Gasteiger charge is 2.52. The SMILES string of the molecule is O=C1NC2(CC2)c2cccc(Br)c21. The van der Waals surface area contributed by atoms with Gasteiger partial charge in [-0.15, -0.1) is 0 Å². The summed E-state index contributed by atoms with van der Waals surface area (Å²) in [5.41, 5.74) is 2.02. The van der Waals surface area contributed by atoms with E-state index in [2.05, 4.69) is 21.2 Å². The first kappa shape index (κ1) is 7.56. The summed E-state index contributed by atoms with van der Waals surface area (Å²) in [4.78, 5) is 11.6. The number of benzene rings is 1. The first-order valence-corrected chi connectivity index (χ1v) is 5.14. The van der Waals surface area contributed by atoms with Gasteiger partial charge in [-0.25, -0.2) is 0 Å². The van der Waals surface area contributed by atoms with Gasteiger partial charge in [0.05, 0.1) is 11.1 Å². The number of fused-ring (bicyclic) bond motifs is 2. The Hall–Kier alpha value is -0.830. The van der Waals surface area contributed by atoms with Crippen LogP contribution in [0.1, 0.15) is 28.8 Å². The van der Waals surface area contributed by atoms with Crippen LogP contribution in [0.15, 0.2) is 22.7 Å². The molecule has 1 aliphatic heterocycles. The van der Waals surface area contributed by atoms with Crippen molar-refractivity contribution in [2.75, 3.05) is 0 Å². The van der Waals surface area contributed by atoms with Crippen LogP contribution in [-0.4, -0.2) is 5.91 Å². The molecule has 1 saturated carbocycles. The Morgan fingerprint density at radius 2 is 2.15 bits per heavy atom. The zero-order chi connectivity index (χ0) is 9.05. The highest BCUT2D eigenvalue weighted by molar-refractivity contribution is 9.10. The molecule has 1 aromatic rings. The lowest BCUT2D eigenvalue weighted by atomic mass is 10.0. The molecule has 1 amide bonds. The second-order valence-corrected chi connectivity index (χ2v) is 4.55. The maximum Gasteiger partial charge on any atom is 0.253 e. The van der Waals surface area contributed by atoms with E-state index in [1.807, 2.05) is 18.2 Å². The molecule has 0 radical (unpaired) electrons. The zero-order valence-corrected chi connectivity index (χ0v) is 8.52. The minimum Gasteiger partial charge on any atom is -0.342 e. The number of amides is 1. The van der Waals surface area contributed by atoms with Gasteiger partial charge in [-0.1, -0.05) is 12.1 Å². The molecule has 0 saturated heterocycles. The monoisotopic (exact) mass is 237 g/mol. The Kier molecular flexibility index (Phi) is 1.25. The Bertz CT molecular complexity index is 409. The average molecular weight is 238 g/mol. The molecule has 3 heteroatoms. The molecule has 2 nitrogen and oxygen atoms in total. The van der Waals surface area contributed by atoms with E-state index in [0.29, 0.717) is 0 Å². The Morgan fingerprint density at radius 3 is 2.85 bits per heavy atom. The lowest BCUT2D eigenvalue weighted by molar-refractivity contribution is 0.0952. The lowest BCUT2D eigenvalue weighted by Gasteiger charge is -2.06.